The zero-order valence-corrected chi connectivity index (χ0v) is 14.0. The largest absolute Gasteiger partial charge is 0.450 e. The number of alkyl carbamates (subject to hydrolysis) is 1. The molecular weight excluding hydrogens is 318 g/mol. The fourth-order valence-corrected chi connectivity index (χ4v) is 2.19. The molecule has 0 heterocycles. The number of nitrogens with two attached hydrogens (primary N) is 1. The molecule has 0 bridgehead atoms. The molecule has 2 amide bonds. The van der Waals surface area contributed by atoms with Gasteiger partial charge in [0.05, 0.1) is 6.61 Å². The minimum Gasteiger partial charge on any atom is -0.450 e. The highest BCUT2D eigenvalue weighted by Gasteiger charge is 2.20. The highest BCUT2D eigenvalue weighted by molar-refractivity contribution is 5.84. The van der Waals surface area contributed by atoms with Crippen molar-refractivity contribution in [3.63, 3.8) is 0 Å². The van der Waals surface area contributed by atoms with Crippen LogP contribution in [0, 0.1) is 17.6 Å². The van der Waals surface area contributed by atoms with Crippen molar-refractivity contribution in [1.29, 1.82) is 0 Å². The quantitative estimate of drug-likeness (QED) is 0.677. The molecule has 7 heteroatoms. The average Bonchev–Trinajstić information content (AvgIpc) is 2.44. The van der Waals surface area contributed by atoms with Crippen LogP contribution in [-0.2, 0) is 16.0 Å². The van der Waals surface area contributed by atoms with Crippen molar-refractivity contribution in [3.05, 3.63) is 35.4 Å². The molecule has 1 aromatic rings. The Bertz CT molecular complexity index is 545. The van der Waals surface area contributed by atoms with E-state index >= 15 is 0 Å². The molecule has 0 saturated heterocycles. The van der Waals surface area contributed by atoms with E-state index in [1.807, 2.05) is 0 Å². The molecule has 1 rings (SSSR count). The second kappa shape index (κ2) is 9.85. The summed E-state index contributed by atoms with van der Waals surface area (Å²) in [7, 11) is 0. The molecule has 1 aromatic carbocycles. The first-order valence-corrected chi connectivity index (χ1v) is 7.95. The molecule has 0 aromatic heterocycles. The zero-order chi connectivity index (χ0) is 18.1. The Labute approximate surface area is 140 Å². The van der Waals surface area contributed by atoms with Crippen molar-refractivity contribution in [2.45, 2.75) is 45.6 Å². The molecular formula is C17H24F2N2O3. The third-order valence-electron chi connectivity index (χ3n) is 3.41. The van der Waals surface area contributed by atoms with Crippen molar-refractivity contribution in [2.24, 2.45) is 11.7 Å². The van der Waals surface area contributed by atoms with Crippen LogP contribution in [0.5, 0.6) is 0 Å². The molecule has 0 radical (unpaired) electrons. The summed E-state index contributed by atoms with van der Waals surface area (Å²) in [6.07, 6.45) is 1.81. The molecule has 134 valence electrons. The first kappa shape index (κ1) is 19.9. The topological polar surface area (TPSA) is 81.4 Å². The van der Waals surface area contributed by atoms with E-state index in [9.17, 15) is 18.4 Å². The van der Waals surface area contributed by atoms with Crippen LogP contribution in [0.2, 0.25) is 0 Å². The summed E-state index contributed by atoms with van der Waals surface area (Å²) >= 11 is 0. The normalized spacial score (nSPS) is 12.0. The lowest BCUT2D eigenvalue weighted by molar-refractivity contribution is -0.119. The zero-order valence-electron chi connectivity index (χ0n) is 14.0. The van der Waals surface area contributed by atoms with Crippen molar-refractivity contribution in [1.82, 2.24) is 5.32 Å². The molecule has 0 spiro atoms. The summed E-state index contributed by atoms with van der Waals surface area (Å²) in [5, 5.41) is 2.32. The summed E-state index contributed by atoms with van der Waals surface area (Å²) < 4.78 is 31.3. The van der Waals surface area contributed by atoms with Gasteiger partial charge in [-0.3, -0.25) is 4.79 Å². The smallest absolute Gasteiger partial charge is 0.407 e. The minimum absolute atomic E-state index is 0.119. The average molecular weight is 342 g/mol. The Kier molecular flexibility index (Phi) is 8.15. The Morgan fingerprint density at radius 1 is 1.17 bits per heavy atom. The number of carbonyl (C=O) groups is 2. The monoisotopic (exact) mass is 342 g/mol. The summed E-state index contributed by atoms with van der Waals surface area (Å²) in [5.41, 5.74) is 5.44. The maximum absolute atomic E-state index is 13.2. The number of rotatable bonds is 9. The highest BCUT2D eigenvalue weighted by Crippen LogP contribution is 2.10. The van der Waals surface area contributed by atoms with Crippen molar-refractivity contribution in [2.75, 3.05) is 6.61 Å². The Hall–Kier alpha value is -2.18. The van der Waals surface area contributed by atoms with Gasteiger partial charge in [-0.1, -0.05) is 20.3 Å². The van der Waals surface area contributed by atoms with Gasteiger partial charge in [-0.15, -0.1) is 0 Å². The maximum atomic E-state index is 13.2. The molecule has 1 atom stereocenters. The Balaban J connectivity index is 2.47. The molecule has 0 saturated carbocycles. The van der Waals surface area contributed by atoms with Gasteiger partial charge < -0.3 is 15.8 Å². The van der Waals surface area contributed by atoms with Gasteiger partial charge in [0.25, 0.3) is 0 Å². The minimum atomic E-state index is -1.10. The van der Waals surface area contributed by atoms with Crippen molar-refractivity contribution in [3.8, 4) is 0 Å². The standard InChI is InChI=1S/C17H24F2N2O3/c1-11(2)5-3-4-6-24-17(23)21-15(16(20)22)9-12-7-13(18)10-14(19)8-12/h7-8,10-11,15H,3-6,9H2,1-2H3,(H2,20,22)(H,21,23). The first-order valence-electron chi connectivity index (χ1n) is 7.95. The van der Waals surface area contributed by atoms with Gasteiger partial charge >= 0.3 is 6.09 Å². The number of primary amides is 1. The number of nitrogens with one attached hydrogen (secondary N) is 1. The van der Waals surface area contributed by atoms with Gasteiger partial charge in [0, 0.05) is 12.5 Å². The lowest BCUT2D eigenvalue weighted by atomic mass is 10.1. The molecule has 0 aliphatic rings. The van der Waals surface area contributed by atoms with E-state index in [1.54, 1.807) is 0 Å². The predicted octanol–water partition coefficient (Wildman–Crippen LogP) is 2.91. The van der Waals surface area contributed by atoms with Gasteiger partial charge in [-0.2, -0.15) is 0 Å². The number of unbranched alkanes of at least 4 members (excludes halogenated alkanes) is 1. The third kappa shape index (κ3) is 7.89. The van der Waals surface area contributed by atoms with Crippen LogP contribution >= 0.6 is 0 Å². The van der Waals surface area contributed by atoms with Gasteiger partial charge in [-0.25, -0.2) is 13.6 Å². The number of amides is 2. The number of hydrogen-bond acceptors (Lipinski definition) is 3. The lowest BCUT2D eigenvalue weighted by Crippen LogP contribution is -2.46. The highest BCUT2D eigenvalue weighted by atomic mass is 19.1. The Morgan fingerprint density at radius 3 is 2.33 bits per heavy atom. The van der Waals surface area contributed by atoms with Crippen LogP contribution in [0.15, 0.2) is 18.2 Å². The number of halogens is 2. The fourth-order valence-electron chi connectivity index (χ4n) is 2.19. The number of benzene rings is 1. The van der Waals surface area contributed by atoms with Crippen LogP contribution in [0.4, 0.5) is 13.6 Å². The van der Waals surface area contributed by atoms with Gasteiger partial charge in [0.15, 0.2) is 0 Å². The molecule has 5 nitrogen and oxygen atoms in total. The first-order chi connectivity index (χ1) is 11.3. The van der Waals surface area contributed by atoms with E-state index < -0.39 is 29.7 Å². The SMILES string of the molecule is CC(C)CCCCOC(=O)NC(Cc1cc(F)cc(F)c1)C(N)=O. The second-order valence-corrected chi connectivity index (χ2v) is 6.11. The van der Waals surface area contributed by atoms with E-state index in [0.29, 0.717) is 5.92 Å². The summed E-state index contributed by atoms with van der Waals surface area (Å²) in [6.45, 7) is 4.46. The van der Waals surface area contributed by atoms with Gasteiger partial charge in [0.2, 0.25) is 5.91 Å². The maximum Gasteiger partial charge on any atom is 0.407 e. The van der Waals surface area contributed by atoms with Crippen LogP contribution in [0.1, 0.15) is 38.7 Å². The van der Waals surface area contributed by atoms with E-state index in [0.717, 1.165) is 37.5 Å². The van der Waals surface area contributed by atoms with E-state index in [1.165, 1.54) is 0 Å². The summed E-state index contributed by atoms with van der Waals surface area (Å²) in [4.78, 5) is 23.1. The van der Waals surface area contributed by atoms with E-state index in [-0.39, 0.29) is 18.6 Å². The molecule has 1 unspecified atom stereocenters. The van der Waals surface area contributed by atoms with E-state index in [4.69, 9.17) is 10.5 Å². The molecule has 0 fully saturated rings. The van der Waals surface area contributed by atoms with Crippen LogP contribution in [-0.4, -0.2) is 24.6 Å². The fraction of sp³-hybridized carbons (Fsp3) is 0.529. The molecule has 0 aliphatic heterocycles. The summed E-state index contributed by atoms with van der Waals surface area (Å²) in [6, 6.07) is 1.78. The summed E-state index contributed by atoms with van der Waals surface area (Å²) in [5.74, 6) is -1.75. The number of hydrogen-bond donors (Lipinski definition) is 2. The molecule has 0 aliphatic carbocycles. The van der Waals surface area contributed by atoms with Gasteiger partial charge in [-0.05, 0) is 36.5 Å². The Morgan fingerprint density at radius 2 is 1.79 bits per heavy atom. The predicted molar refractivity (Wildman–Crippen MR) is 86.2 cm³/mol. The second-order valence-electron chi connectivity index (χ2n) is 6.11. The number of ether oxygens (including phenoxy) is 1. The van der Waals surface area contributed by atoms with Crippen molar-refractivity contribution < 1.29 is 23.1 Å². The molecule has 24 heavy (non-hydrogen) atoms. The van der Waals surface area contributed by atoms with Crippen LogP contribution in [0.25, 0.3) is 0 Å². The molecule has 3 N–H and O–H groups in total. The van der Waals surface area contributed by atoms with Crippen LogP contribution < -0.4 is 11.1 Å². The number of carbonyl (C=O) groups excluding carboxylic acids is 2. The van der Waals surface area contributed by atoms with E-state index in [2.05, 4.69) is 19.2 Å². The van der Waals surface area contributed by atoms with Crippen LogP contribution in [0.3, 0.4) is 0 Å². The van der Waals surface area contributed by atoms with Crippen molar-refractivity contribution >= 4 is 12.0 Å². The van der Waals surface area contributed by atoms with Gasteiger partial charge in [0.1, 0.15) is 17.7 Å². The lowest BCUT2D eigenvalue weighted by Gasteiger charge is -2.16. The third-order valence-corrected chi connectivity index (χ3v) is 3.41.